The molecule has 11 aromatic rings. The van der Waals surface area contributed by atoms with Crippen molar-refractivity contribution in [2.24, 2.45) is 0 Å². The van der Waals surface area contributed by atoms with E-state index in [2.05, 4.69) is 281 Å². The van der Waals surface area contributed by atoms with Gasteiger partial charge >= 0.3 is 0 Å². The van der Waals surface area contributed by atoms with Crippen LogP contribution in [-0.4, -0.2) is 0 Å². The lowest BCUT2D eigenvalue weighted by molar-refractivity contribution is 0.660. The van der Waals surface area contributed by atoms with Crippen LogP contribution in [0.3, 0.4) is 0 Å². The zero-order valence-electron chi connectivity index (χ0n) is 40.6. The van der Waals surface area contributed by atoms with E-state index in [0.29, 0.717) is 0 Å². The fraction of sp³-hybridized carbons (Fsp3) is 0.0857. The van der Waals surface area contributed by atoms with Gasteiger partial charge in [-0.2, -0.15) is 0 Å². The van der Waals surface area contributed by atoms with Gasteiger partial charge in [0.25, 0.3) is 0 Å². The van der Waals surface area contributed by atoms with Crippen LogP contribution in [-0.2, 0) is 10.8 Å². The first kappa shape index (κ1) is 42.6. The van der Waals surface area contributed by atoms with Crippen LogP contribution in [0, 0.1) is 0 Å². The third-order valence-corrected chi connectivity index (χ3v) is 15.7. The Morgan fingerprint density at radius 1 is 0.239 bits per heavy atom. The molecule has 0 unspecified atom stereocenters. The van der Waals surface area contributed by atoms with Crippen molar-refractivity contribution in [2.45, 2.75) is 38.5 Å². The van der Waals surface area contributed by atoms with E-state index in [0.717, 1.165) is 17.1 Å². The van der Waals surface area contributed by atoms with Crippen molar-refractivity contribution in [1.29, 1.82) is 0 Å². The summed E-state index contributed by atoms with van der Waals surface area (Å²) in [5.41, 5.74) is 26.3. The molecule has 0 aliphatic heterocycles. The molecule has 0 heterocycles. The van der Waals surface area contributed by atoms with Crippen LogP contribution < -0.4 is 4.90 Å². The normalized spacial score (nSPS) is 13.6. The highest BCUT2D eigenvalue weighted by molar-refractivity contribution is 5.91. The molecule has 338 valence electrons. The summed E-state index contributed by atoms with van der Waals surface area (Å²) in [6.45, 7) is 9.44. The van der Waals surface area contributed by atoms with Crippen LogP contribution in [0.25, 0.3) is 88.7 Å². The van der Waals surface area contributed by atoms with Crippen molar-refractivity contribution in [3.05, 3.63) is 271 Å². The summed E-state index contributed by atoms with van der Waals surface area (Å²) < 4.78 is 0. The third kappa shape index (κ3) is 7.14. The fourth-order valence-electron chi connectivity index (χ4n) is 11.9. The van der Waals surface area contributed by atoms with Gasteiger partial charge in [-0.3, -0.25) is 0 Å². The maximum atomic E-state index is 2.41. The topological polar surface area (TPSA) is 3.24 Å². The summed E-state index contributed by atoms with van der Waals surface area (Å²) in [4.78, 5) is 2.39. The molecule has 71 heavy (non-hydrogen) atoms. The molecule has 0 aromatic heterocycles. The van der Waals surface area contributed by atoms with E-state index < -0.39 is 0 Å². The second-order valence-electron chi connectivity index (χ2n) is 20.5. The molecular weight excluding hydrogens is 855 g/mol. The Bertz CT molecular complexity index is 3830. The molecule has 0 bridgehead atoms. The van der Waals surface area contributed by atoms with Crippen LogP contribution in [0.15, 0.2) is 249 Å². The maximum absolute atomic E-state index is 2.41. The van der Waals surface area contributed by atoms with Crippen molar-refractivity contribution >= 4 is 27.8 Å². The number of anilines is 3. The Morgan fingerprint density at radius 3 is 1.27 bits per heavy atom. The van der Waals surface area contributed by atoms with Gasteiger partial charge in [0, 0.05) is 27.9 Å². The molecule has 0 spiro atoms. The first-order chi connectivity index (χ1) is 34.7. The van der Waals surface area contributed by atoms with E-state index in [9.17, 15) is 0 Å². The van der Waals surface area contributed by atoms with E-state index in [1.165, 1.54) is 111 Å². The van der Waals surface area contributed by atoms with Crippen molar-refractivity contribution < 1.29 is 0 Å². The zero-order valence-corrected chi connectivity index (χ0v) is 40.6. The Hall–Kier alpha value is -8.52. The van der Waals surface area contributed by atoms with Gasteiger partial charge in [-0.15, -0.1) is 0 Å². The number of hydrogen-bond donors (Lipinski definition) is 0. The van der Waals surface area contributed by atoms with E-state index in [1.54, 1.807) is 0 Å². The van der Waals surface area contributed by atoms with Crippen molar-refractivity contribution in [3.8, 4) is 77.9 Å². The van der Waals surface area contributed by atoms with Crippen LogP contribution >= 0.6 is 0 Å². The van der Waals surface area contributed by atoms with Gasteiger partial charge in [0.2, 0.25) is 0 Å². The van der Waals surface area contributed by atoms with Crippen LogP contribution in [0.4, 0.5) is 17.1 Å². The minimum atomic E-state index is -0.0981. The average Bonchev–Trinajstić information content (AvgIpc) is 3.81. The Labute approximate surface area is 418 Å². The van der Waals surface area contributed by atoms with Crippen molar-refractivity contribution in [2.75, 3.05) is 4.90 Å². The predicted octanol–water partition coefficient (Wildman–Crippen LogP) is 19.3. The second-order valence-corrected chi connectivity index (χ2v) is 20.5. The lowest BCUT2D eigenvalue weighted by Gasteiger charge is -2.27. The predicted molar refractivity (Wildman–Crippen MR) is 301 cm³/mol. The first-order valence-corrected chi connectivity index (χ1v) is 25.0. The minimum absolute atomic E-state index is 0.0521. The van der Waals surface area contributed by atoms with E-state index in [4.69, 9.17) is 0 Å². The van der Waals surface area contributed by atoms with E-state index >= 15 is 0 Å². The van der Waals surface area contributed by atoms with Gasteiger partial charge in [-0.05, 0) is 166 Å². The van der Waals surface area contributed by atoms with E-state index in [-0.39, 0.29) is 10.8 Å². The van der Waals surface area contributed by atoms with Gasteiger partial charge in [0.15, 0.2) is 0 Å². The fourth-order valence-corrected chi connectivity index (χ4v) is 11.9. The molecular formula is C70H53N. The Morgan fingerprint density at radius 2 is 0.634 bits per heavy atom. The molecule has 0 saturated carbocycles. The molecule has 0 atom stereocenters. The zero-order chi connectivity index (χ0) is 47.8. The highest BCUT2D eigenvalue weighted by Crippen LogP contribution is 2.53. The molecule has 2 aliphatic rings. The third-order valence-electron chi connectivity index (χ3n) is 15.7. The monoisotopic (exact) mass is 907 g/mol. The largest absolute Gasteiger partial charge is 0.311 e. The lowest BCUT2D eigenvalue weighted by atomic mass is 9.79. The van der Waals surface area contributed by atoms with Gasteiger partial charge < -0.3 is 4.90 Å². The molecule has 11 aromatic carbocycles. The van der Waals surface area contributed by atoms with Gasteiger partial charge in [-0.25, -0.2) is 0 Å². The van der Waals surface area contributed by atoms with Crippen LogP contribution in [0.2, 0.25) is 0 Å². The number of rotatable bonds is 8. The average molecular weight is 908 g/mol. The molecule has 0 amide bonds. The second kappa shape index (κ2) is 16.6. The maximum Gasteiger partial charge on any atom is 0.0462 e. The summed E-state index contributed by atoms with van der Waals surface area (Å²) in [5.74, 6) is 0. The van der Waals surface area contributed by atoms with E-state index in [1.807, 2.05) is 0 Å². The summed E-state index contributed by atoms with van der Waals surface area (Å²) >= 11 is 0. The standard InChI is InChI=1S/C70H53N/c1-69(2)65-21-9-7-17-61(65)63-42-35-56(45-67(63)69)50-31-38-58(39-32-50)71(59-40-33-51(34-41-59)60-19-12-20-64-62-18-8-10-22-66(62)70(3,4)68(60)64)57-36-29-48(30-37-57)47-23-25-49(26-24-47)53-15-11-16-54(43-53)55-28-27-46-13-5-6-14-52(46)44-55/h5-45H,1-4H3. The quantitative estimate of drug-likeness (QED) is 0.147. The van der Waals surface area contributed by atoms with Gasteiger partial charge in [0.05, 0.1) is 0 Å². The van der Waals surface area contributed by atoms with Crippen molar-refractivity contribution in [3.63, 3.8) is 0 Å². The van der Waals surface area contributed by atoms with Gasteiger partial charge in [-0.1, -0.05) is 222 Å². The first-order valence-electron chi connectivity index (χ1n) is 25.0. The molecule has 0 saturated heterocycles. The Kier molecular flexibility index (Phi) is 9.94. The highest BCUT2D eigenvalue weighted by Gasteiger charge is 2.38. The van der Waals surface area contributed by atoms with Crippen LogP contribution in [0.5, 0.6) is 0 Å². The molecule has 13 rings (SSSR count). The highest BCUT2D eigenvalue weighted by atomic mass is 15.1. The SMILES string of the molecule is CC1(C)c2ccccc2-c2ccc(-c3ccc(N(c4ccc(-c5ccc(-c6cccc(-c7ccc8ccccc8c7)c6)cc5)cc4)c4ccc(-c5cccc6c5C(C)(C)c5ccccc5-6)cc4)cc3)cc21. The lowest BCUT2D eigenvalue weighted by Crippen LogP contribution is -2.16. The van der Waals surface area contributed by atoms with Crippen LogP contribution in [0.1, 0.15) is 49.9 Å². The smallest absolute Gasteiger partial charge is 0.0462 e. The van der Waals surface area contributed by atoms with Crippen molar-refractivity contribution in [1.82, 2.24) is 0 Å². The summed E-state index contributed by atoms with van der Waals surface area (Å²) in [7, 11) is 0. The Balaban J connectivity index is 0.827. The molecule has 0 radical (unpaired) electrons. The summed E-state index contributed by atoms with van der Waals surface area (Å²) in [6.07, 6.45) is 0. The molecule has 0 fully saturated rings. The minimum Gasteiger partial charge on any atom is -0.311 e. The molecule has 1 heteroatoms. The molecule has 2 aliphatic carbocycles. The number of hydrogen-bond acceptors (Lipinski definition) is 1. The molecule has 0 N–H and O–H groups in total. The van der Waals surface area contributed by atoms with Gasteiger partial charge in [0.1, 0.15) is 0 Å². The number of benzene rings is 11. The number of fused-ring (bicyclic) bond motifs is 7. The summed E-state index contributed by atoms with van der Waals surface area (Å²) in [5, 5.41) is 2.52. The molecule has 1 nitrogen and oxygen atoms in total. The number of nitrogens with zero attached hydrogens (tertiary/aromatic N) is 1. The summed E-state index contributed by atoms with van der Waals surface area (Å²) in [6, 6.07) is 92.2.